The number of nitrogens with zero attached hydrogens (tertiary/aromatic N) is 1. The molecule has 0 N–H and O–H groups in total. The number of hydrogen-bond donors (Lipinski definition) is 0. The normalized spacial score (nSPS) is 12.9. The average Bonchev–Trinajstić information content (AvgIpc) is 3.71. The zero-order valence-electron chi connectivity index (χ0n) is 29.8. The lowest BCUT2D eigenvalue weighted by Gasteiger charge is -2.31. The maximum absolute atomic E-state index is 6.40. The van der Waals surface area contributed by atoms with Gasteiger partial charge < -0.3 is 9.32 Å². The molecular formula is C51H37NO. The molecule has 1 aromatic heterocycles. The van der Waals surface area contributed by atoms with E-state index < -0.39 is 0 Å². The highest BCUT2D eigenvalue weighted by molar-refractivity contribution is 6.14. The standard InChI is InChI=1S/C51H37NO/c1-51(2)44-23-11-9-19-39(44)40-32-31-38(33-45(40)51)52(37-29-27-35(28-30-37)34-15-5-3-6-16-34)46-24-13-21-41(49(46)36-17-7-4-8-18-36)42-22-14-26-48-50(42)43-20-10-12-25-47(43)53-48/h3-33H,1-2H3. The molecule has 0 saturated heterocycles. The van der Waals surface area contributed by atoms with Crippen LogP contribution in [0.2, 0.25) is 0 Å². The molecule has 9 aromatic rings. The van der Waals surface area contributed by atoms with E-state index >= 15 is 0 Å². The third-order valence-corrected chi connectivity index (χ3v) is 11.1. The lowest BCUT2D eigenvalue weighted by molar-refractivity contribution is 0.660. The lowest BCUT2D eigenvalue weighted by atomic mass is 9.82. The van der Waals surface area contributed by atoms with E-state index in [1.807, 2.05) is 6.07 Å². The van der Waals surface area contributed by atoms with Gasteiger partial charge in [-0.15, -0.1) is 0 Å². The largest absolute Gasteiger partial charge is 0.456 e. The van der Waals surface area contributed by atoms with Crippen LogP contribution in [-0.2, 0) is 5.41 Å². The van der Waals surface area contributed by atoms with E-state index in [0.29, 0.717) is 0 Å². The smallest absolute Gasteiger partial charge is 0.136 e. The van der Waals surface area contributed by atoms with Crippen molar-refractivity contribution in [3.8, 4) is 44.5 Å². The van der Waals surface area contributed by atoms with Crippen LogP contribution in [0.25, 0.3) is 66.4 Å². The Balaban J connectivity index is 1.24. The van der Waals surface area contributed by atoms with Gasteiger partial charge in [0.25, 0.3) is 0 Å². The van der Waals surface area contributed by atoms with Gasteiger partial charge in [-0.25, -0.2) is 0 Å². The van der Waals surface area contributed by atoms with Crippen LogP contribution in [0, 0.1) is 0 Å². The van der Waals surface area contributed by atoms with Crippen LogP contribution in [0.1, 0.15) is 25.0 Å². The second-order valence-corrected chi connectivity index (χ2v) is 14.5. The van der Waals surface area contributed by atoms with Crippen LogP contribution in [0.4, 0.5) is 17.1 Å². The van der Waals surface area contributed by atoms with Crippen molar-refractivity contribution in [1.29, 1.82) is 0 Å². The first-order valence-electron chi connectivity index (χ1n) is 18.4. The van der Waals surface area contributed by atoms with Gasteiger partial charge in [0.15, 0.2) is 0 Å². The molecule has 1 aliphatic carbocycles. The molecule has 0 unspecified atom stereocenters. The Morgan fingerprint density at radius 1 is 0.415 bits per heavy atom. The maximum atomic E-state index is 6.40. The van der Waals surface area contributed by atoms with Crippen molar-refractivity contribution in [2.24, 2.45) is 0 Å². The molecule has 0 amide bonds. The molecule has 8 aromatic carbocycles. The van der Waals surface area contributed by atoms with E-state index in [4.69, 9.17) is 4.42 Å². The second kappa shape index (κ2) is 12.3. The van der Waals surface area contributed by atoms with Gasteiger partial charge in [0, 0.05) is 33.1 Å². The fraction of sp³-hybridized carbons (Fsp3) is 0.0588. The van der Waals surface area contributed by atoms with Crippen molar-refractivity contribution >= 4 is 39.0 Å². The molecule has 0 aliphatic heterocycles. The first-order valence-corrected chi connectivity index (χ1v) is 18.4. The van der Waals surface area contributed by atoms with E-state index in [2.05, 4.69) is 201 Å². The minimum atomic E-state index is -0.132. The third kappa shape index (κ3) is 5.02. The first-order chi connectivity index (χ1) is 26.1. The lowest BCUT2D eigenvalue weighted by Crippen LogP contribution is -2.17. The van der Waals surface area contributed by atoms with Crippen molar-refractivity contribution in [1.82, 2.24) is 0 Å². The summed E-state index contributed by atoms with van der Waals surface area (Å²) in [5.74, 6) is 0. The fourth-order valence-electron chi connectivity index (χ4n) is 8.55. The molecule has 0 saturated carbocycles. The number of hydrogen-bond acceptors (Lipinski definition) is 2. The SMILES string of the molecule is CC1(C)c2ccccc2-c2ccc(N(c3ccc(-c4ccccc4)cc3)c3cccc(-c4cccc5oc6ccccc6c45)c3-c3ccccc3)cc21. The first kappa shape index (κ1) is 31.1. The second-order valence-electron chi connectivity index (χ2n) is 14.5. The summed E-state index contributed by atoms with van der Waals surface area (Å²) in [7, 11) is 0. The zero-order chi connectivity index (χ0) is 35.5. The Morgan fingerprint density at radius 2 is 1.00 bits per heavy atom. The monoisotopic (exact) mass is 679 g/mol. The van der Waals surface area contributed by atoms with Crippen LogP contribution in [0.5, 0.6) is 0 Å². The molecule has 1 aliphatic rings. The summed E-state index contributed by atoms with van der Waals surface area (Å²) < 4.78 is 6.40. The van der Waals surface area contributed by atoms with Crippen LogP contribution in [0.3, 0.4) is 0 Å². The number of para-hydroxylation sites is 1. The van der Waals surface area contributed by atoms with E-state index in [0.717, 1.165) is 55.7 Å². The predicted molar refractivity (Wildman–Crippen MR) is 222 cm³/mol. The summed E-state index contributed by atoms with van der Waals surface area (Å²) in [6.07, 6.45) is 0. The Hall–Kier alpha value is -6.64. The molecule has 0 spiro atoms. The van der Waals surface area contributed by atoms with Gasteiger partial charge in [-0.05, 0) is 92.5 Å². The number of anilines is 3. The number of benzene rings is 8. The minimum Gasteiger partial charge on any atom is -0.456 e. The topological polar surface area (TPSA) is 16.4 Å². The average molecular weight is 680 g/mol. The Bertz CT molecular complexity index is 2790. The molecule has 0 radical (unpaired) electrons. The van der Waals surface area contributed by atoms with Crippen molar-refractivity contribution in [3.63, 3.8) is 0 Å². The highest BCUT2D eigenvalue weighted by atomic mass is 16.3. The third-order valence-electron chi connectivity index (χ3n) is 11.1. The van der Waals surface area contributed by atoms with E-state index in [9.17, 15) is 0 Å². The molecule has 0 atom stereocenters. The van der Waals surface area contributed by atoms with Gasteiger partial charge in [0.2, 0.25) is 0 Å². The molecular weight excluding hydrogens is 643 g/mol. The zero-order valence-corrected chi connectivity index (χ0v) is 29.8. The molecule has 0 fully saturated rings. The fourth-order valence-corrected chi connectivity index (χ4v) is 8.55. The van der Waals surface area contributed by atoms with Gasteiger partial charge in [-0.2, -0.15) is 0 Å². The maximum Gasteiger partial charge on any atom is 0.136 e. The molecule has 0 bridgehead atoms. The summed E-state index contributed by atoms with van der Waals surface area (Å²) in [4.78, 5) is 2.45. The number of rotatable bonds is 6. The molecule has 252 valence electrons. The quantitative estimate of drug-likeness (QED) is 0.174. The summed E-state index contributed by atoms with van der Waals surface area (Å²) in [6.45, 7) is 4.71. The molecule has 1 heterocycles. The van der Waals surface area contributed by atoms with Crippen molar-refractivity contribution in [2.45, 2.75) is 19.3 Å². The van der Waals surface area contributed by atoms with E-state index in [1.54, 1.807) is 0 Å². The number of fused-ring (bicyclic) bond motifs is 6. The summed E-state index contributed by atoms with van der Waals surface area (Å²) in [5.41, 5.74) is 17.4. The van der Waals surface area contributed by atoms with Gasteiger partial charge in [-0.1, -0.05) is 159 Å². The molecule has 10 rings (SSSR count). The van der Waals surface area contributed by atoms with Gasteiger partial charge >= 0.3 is 0 Å². The predicted octanol–water partition coefficient (Wildman–Crippen LogP) is 14.4. The van der Waals surface area contributed by atoms with Crippen molar-refractivity contribution in [3.05, 3.63) is 199 Å². The highest BCUT2D eigenvalue weighted by Crippen LogP contribution is 2.52. The number of furan rings is 1. The minimum absolute atomic E-state index is 0.132. The van der Waals surface area contributed by atoms with Crippen LogP contribution in [0.15, 0.2) is 192 Å². The van der Waals surface area contributed by atoms with Crippen LogP contribution >= 0.6 is 0 Å². The van der Waals surface area contributed by atoms with Crippen LogP contribution in [-0.4, -0.2) is 0 Å². The van der Waals surface area contributed by atoms with Crippen molar-refractivity contribution < 1.29 is 4.42 Å². The Morgan fingerprint density at radius 3 is 1.81 bits per heavy atom. The summed E-state index contributed by atoms with van der Waals surface area (Å²) >= 11 is 0. The summed E-state index contributed by atoms with van der Waals surface area (Å²) in [5, 5.41) is 2.25. The Labute approximate surface area is 310 Å². The van der Waals surface area contributed by atoms with Gasteiger partial charge in [-0.3, -0.25) is 0 Å². The molecule has 53 heavy (non-hydrogen) atoms. The van der Waals surface area contributed by atoms with Gasteiger partial charge in [0.05, 0.1) is 5.69 Å². The summed E-state index contributed by atoms with van der Waals surface area (Å²) in [6, 6.07) is 67.9. The highest BCUT2D eigenvalue weighted by Gasteiger charge is 2.36. The van der Waals surface area contributed by atoms with Crippen LogP contribution < -0.4 is 4.90 Å². The van der Waals surface area contributed by atoms with Crippen molar-refractivity contribution in [2.75, 3.05) is 4.90 Å². The Kier molecular flexibility index (Phi) is 7.19. The van der Waals surface area contributed by atoms with E-state index in [-0.39, 0.29) is 5.41 Å². The van der Waals surface area contributed by atoms with E-state index in [1.165, 1.54) is 38.9 Å². The molecule has 2 heteroatoms. The van der Waals surface area contributed by atoms with Gasteiger partial charge in [0.1, 0.15) is 11.2 Å². The molecule has 2 nitrogen and oxygen atoms in total.